The minimum atomic E-state index is 0.759. The Morgan fingerprint density at radius 1 is 1.05 bits per heavy atom. The summed E-state index contributed by atoms with van der Waals surface area (Å²) in [7, 11) is 0. The summed E-state index contributed by atoms with van der Waals surface area (Å²) in [5.74, 6) is 1.59. The topological polar surface area (TPSA) is 9.23 Å². The van der Waals surface area contributed by atoms with Gasteiger partial charge >= 0.3 is 0 Å². The number of hydrogen-bond acceptors (Lipinski definition) is 1. The second-order valence-corrected chi connectivity index (χ2v) is 6.60. The monoisotopic (exact) mass is 300 g/mol. The van der Waals surface area contributed by atoms with Crippen molar-refractivity contribution in [3.05, 3.63) is 47.5 Å². The summed E-state index contributed by atoms with van der Waals surface area (Å²) in [5, 5.41) is 0. The third-order valence-electron chi connectivity index (χ3n) is 4.78. The Hall–Kier alpha value is -1.08. The van der Waals surface area contributed by atoms with Crippen LogP contribution in [0.15, 0.2) is 36.4 Å². The lowest BCUT2D eigenvalue weighted by Gasteiger charge is -2.27. The van der Waals surface area contributed by atoms with E-state index in [2.05, 4.69) is 50.3 Å². The van der Waals surface area contributed by atoms with Crippen molar-refractivity contribution in [1.29, 1.82) is 0 Å². The van der Waals surface area contributed by atoms with Gasteiger partial charge in [0.1, 0.15) is 0 Å². The third-order valence-corrected chi connectivity index (χ3v) is 4.78. The Kier molecular flexibility index (Phi) is 7.73. The SMILES string of the molecule is CCC=C[C@H]1CC[C@H](c2ccc(COCCCC)cc2)CC1. The highest BCUT2D eigenvalue weighted by atomic mass is 16.5. The molecule has 0 radical (unpaired) electrons. The zero-order valence-electron chi connectivity index (χ0n) is 14.4. The molecule has 2 rings (SSSR count). The van der Waals surface area contributed by atoms with Gasteiger partial charge in [0.05, 0.1) is 6.61 Å². The fourth-order valence-electron chi connectivity index (χ4n) is 3.30. The van der Waals surface area contributed by atoms with Crippen molar-refractivity contribution >= 4 is 0 Å². The van der Waals surface area contributed by atoms with Crippen LogP contribution in [-0.2, 0) is 11.3 Å². The number of rotatable bonds is 8. The van der Waals surface area contributed by atoms with E-state index in [-0.39, 0.29) is 0 Å². The molecule has 0 spiro atoms. The molecule has 1 aromatic rings. The fraction of sp³-hybridized carbons (Fsp3) is 0.619. The summed E-state index contributed by atoms with van der Waals surface area (Å²) in [4.78, 5) is 0. The molecule has 0 N–H and O–H groups in total. The van der Waals surface area contributed by atoms with E-state index in [1.807, 2.05) is 0 Å². The van der Waals surface area contributed by atoms with Gasteiger partial charge in [-0.3, -0.25) is 0 Å². The lowest BCUT2D eigenvalue weighted by molar-refractivity contribution is 0.118. The molecule has 1 heteroatoms. The number of ether oxygens (including phenoxy) is 1. The van der Waals surface area contributed by atoms with Crippen molar-refractivity contribution in [2.24, 2.45) is 5.92 Å². The van der Waals surface area contributed by atoms with Gasteiger partial charge in [0.25, 0.3) is 0 Å². The second kappa shape index (κ2) is 9.84. The first-order chi connectivity index (χ1) is 10.8. The summed E-state index contributed by atoms with van der Waals surface area (Å²) in [6, 6.07) is 9.16. The Morgan fingerprint density at radius 3 is 2.41 bits per heavy atom. The van der Waals surface area contributed by atoms with Crippen LogP contribution in [0.5, 0.6) is 0 Å². The largest absolute Gasteiger partial charge is 0.377 e. The van der Waals surface area contributed by atoms with Gasteiger partial charge in [-0.1, -0.05) is 56.7 Å². The molecule has 122 valence electrons. The van der Waals surface area contributed by atoms with E-state index in [0.717, 1.165) is 31.5 Å². The van der Waals surface area contributed by atoms with Crippen LogP contribution in [0.25, 0.3) is 0 Å². The minimum Gasteiger partial charge on any atom is -0.377 e. The molecule has 1 saturated carbocycles. The molecule has 22 heavy (non-hydrogen) atoms. The van der Waals surface area contributed by atoms with E-state index in [9.17, 15) is 0 Å². The van der Waals surface area contributed by atoms with Crippen LogP contribution < -0.4 is 0 Å². The summed E-state index contributed by atoms with van der Waals surface area (Å²) in [6.07, 6.45) is 13.7. The molecular weight excluding hydrogens is 268 g/mol. The normalized spacial score (nSPS) is 22.3. The Labute approximate surface area is 136 Å². The maximum Gasteiger partial charge on any atom is 0.0716 e. The molecule has 1 aliphatic rings. The first kappa shape index (κ1) is 17.3. The average Bonchev–Trinajstić information content (AvgIpc) is 2.58. The average molecular weight is 300 g/mol. The van der Waals surface area contributed by atoms with Crippen molar-refractivity contribution in [2.75, 3.05) is 6.61 Å². The van der Waals surface area contributed by atoms with E-state index in [1.54, 1.807) is 0 Å². The van der Waals surface area contributed by atoms with Crippen LogP contribution in [-0.4, -0.2) is 6.61 Å². The van der Waals surface area contributed by atoms with E-state index < -0.39 is 0 Å². The highest BCUT2D eigenvalue weighted by Crippen LogP contribution is 2.36. The Morgan fingerprint density at radius 2 is 1.77 bits per heavy atom. The summed E-state index contributed by atoms with van der Waals surface area (Å²) in [6.45, 7) is 6.06. The first-order valence-corrected chi connectivity index (χ1v) is 9.16. The highest BCUT2D eigenvalue weighted by molar-refractivity contribution is 5.25. The molecule has 0 unspecified atom stereocenters. The molecule has 1 aliphatic carbocycles. The second-order valence-electron chi connectivity index (χ2n) is 6.60. The predicted octanol–water partition coefficient (Wildman–Crippen LogP) is 6.24. The van der Waals surface area contributed by atoms with Crippen LogP contribution in [0.1, 0.15) is 75.8 Å². The molecule has 1 nitrogen and oxygen atoms in total. The number of hydrogen-bond donors (Lipinski definition) is 0. The van der Waals surface area contributed by atoms with Gasteiger partial charge in [0, 0.05) is 6.61 Å². The molecule has 0 saturated heterocycles. The van der Waals surface area contributed by atoms with E-state index in [1.165, 1.54) is 49.7 Å². The molecule has 0 heterocycles. The van der Waals surface area contributed by atoms with Gasteiger partial charge in [-0.2, -0.15) is 0 Å². The van der Waals surface area contributed by atoms with Crippen LogP contribution in [0.4, 0.5) is 0 Å². The quantitative estimate of drug-likeness (QED) is 0.407. The number of allylic oxidation sites excluding steroid dienone is 2. The van der Waals surface area contributed by atoms with Gasteiger partial charge in [-0.25, -0.2) is 0 Å². The molecule has 1 fully saturated rings. The smallest absolute Gasteiger partial charge is 0.0716 e. The fourth-order valence-corrected chi connectivity index (χ4v) is 3.30. The third kappa shape index (κ3) is 5.61. The van der Waals surface area contributed by atoms with E-state index >= 15 is 0 Å². The molecule has 1 aromatic carbocycles. The molecule has 0 bridgehead atoms. The molecule has 0 amide bonds. The van der Waals surface area contributed by atoms with Crippen LogP contribution in [0.3, 0.4) is 0 Å². The van der Waals surface area contributed by atoms with Crippen molar-refractivity contribution in [2.45, 2.75) is 71.3 Å². The molecule has 0 atom stereocenters. The van der Waals surface area contributed by atoms with Crippen LogP contribution in [0, 0.1) is 5.92 Å². The lowest BCUT2D eigenvalue weighted by Crippen LogP contribution is -2.11. The first-order valence-electron chi connectivity index (χ1n) is 9.16. The van der Waals surface area contributed by atoms with Gasteiger partial charge in [-0.05, 0) is 61.5 Å². The number of benzene rings is 1. The van der Waals surface area contributed by atoms with E-state index in [4.69, 9.17) is 4.74 Å². The molecular formula is C21H32O. The van der Waals surface area contributed by atoms with Gasteiger partial charge < -0.3 is 4.74 Å². The Bertz CT molecular complexity index is 424. The standard InChI is InChI=1S/C21H32O/c1-3-5-7-18-8-12-20(13-9-18)21-14-10-19(11-15-21)17-22-16-6-4-2/h5,7,10-11,14-15,18,20H,3-4,6,8-9,12-13,16-17H2,1-2H3/t18-,20-. The lowest BCUT2D eigenvalue weighted by atomic mass is 9.78. The highest BCUT2D eigenvalue weighted by Gasteiger charge is 2.20. The Balaban J connectivity index is 1.78. The van der Waals surface area contributed by atoms with Crippen molar-refractivity contribution in [1.82, 2.24) is 0 Å². The zero-order chi connectivity index (χ0) is 15.6. The zero-order valence-corrected chi connectivity index (χ0v) is 14.4. The van der Waals surface area contributed by atoms with Crippen LogP contribution >= 0.6 is 0 Å². The maximum absolute atomic E-state index is 5.69. The summed E-state index contributed by atoms with van der Waals surface area (Å²) < 4.78 is 5.69. The van der Waals surface area contributed by atoms with Crippen LogP contribution in [0.2, 0.25) is 0 Å². The molecule has 0 aliphatic heterocycles. The summed E-state index contributed by atoms with van der Waals surface area (Å²) >= 11 is 0. The summed E-state index contributed by atoms with van der Waals surface area (Å²) in [5.41, 5.74) is 2.83. The molecule has 0 aromatic heterocycles. The van der Waals surface area contributed by atoms with Gasteiger partial charge in [0.2, 0.25) is 0 Å². The van der Waals surface area contributed by atoms with Crippen molar-refractivity contribution in [3.63, 3.8) is 0 Å². The number of unbranched alkanes of at least 4 members (excludes halogenated alkanes) is 1. The van der Waals surface area contributed by atoms with E-state index in [0.29, 0.717) is 0 Å². The van der Waals surface area contributed by atoms with Gasteiger partial charge in [0.15, 0.2) is 0 Å². The maximum atomic E-state index is 5.69. The van der Waals surface area contributed by atoms with Crippen molar-refractivity contribution < 1.29 is 4.74 Å². The van der Waals surface area contributed by atoms with Crippen molar-refractivity contribution in [3.8, 4) is 0 Å². The predicted molar refractivity (Wildman–Crippen MR) is 95.1 cm³/mol. The van der Waals surface area contributed by atoms with Gasteiger partial charge in [-0.15, -0.1) is 0 Å². The minimum absolute atomic E-state index is 0.759.